The molecule has 6 nitrogen and oxygen atoms in total. The van der Waals surface area contributed by atoms with Crippen molar-refractivity contribution in [2.24, 2.45) is 0 Å². The monoisotopic (exact) mass is 457 g/mol. The van der Waals surface area contributed by atoms with Crippen LogP contribution in [0, 0.1) is 0 Å². The van der Waals surface area contributed by atoms with Crippen molar-refractivity contribution in [1.29, 1.82) is 0 Å². The molecule has 0 unspecified atom stereocenters. The second-order valence-electron chi connectivity index (χ2n) is 6.33. The van der Waals surface area contributed by atoms with Gasteiger partial charge in [0.05, 0.1) is 16.2 Å². The minimum atomic E-state index is -3.61. The number of carbonyl (C=O) groups is 1. The number of aromatic nitrogens is 1. The molecule has 2 aromatic rings. The van der Waals surface area contributed by atoms with Crippen LogP contribution in [0.25, 0.3) is 0 Å². The number of halogens is 1. The first-order valence-corrected chi connectivity index (χ1v) is 11.4. The van der Waals surface area contributed by atoms with Crippen LogP contribution in [0.15, 0.2) is 27.6 Å². The Morgan fingerprint density at radius 2 is 1.96 bits per heavy atom. The zero-order valence-corrected chi connectivity index (χ0v) is 17.8. The molecule has 0 aliphatic heterocycles. The fraction of sp³-hybridized carbons (Fsp3) is 0.412. The molecule has 140 valence electrons. The van der Waals surface area contributed by atoms with E-state index in [4.69, 9.17) is 0 Å². The van der Waals surface area contributed by atoms with E-state index in [9.17, 15) is 13.2 Å². The van der Waals surface area contributed by atoms with Gasteiger partial charge in [0, 0.05) is 23.4 Å². The number of sulfonamides is 1. The minimum Gasteiger partial charge on any atom is -0.298 e. The number of hydrogen-bond donors (Lipinski definition) is 1. The van der Waals surface area contributed by atoms with Crippen LogP contribution in [0.5, 0.6) is 0 Å². The number of carbonyl (C=O) groups excluding carboxylic acids is 1. The molecular formula is C17H20BrN3O3S2. The van der Waals surface area contributed by atoms with Crippen molar-refractivity contribution in [1.82, 2.24) is 9.29 Å². The number of hydrogen-bond acceptors (Lipinski definition) is 5. The van der Waals surface area contributed by atoms with E-state index < -0.39 is 10.0 Å². The van der Waals surface area contributed by atoms with Crippen molar-refractivity contribution < 1.29 is 13.2 Å². The van der Waals surface area contributed by atoms with Crippen molar-refractivity contribution >= 4 is 48.3 Å². The molecule has 0 radical (unpaired) electrons. The summed E-state index contributed by atoms with van der Waals surface area (Å²) in [6.45, 7) is 0. The van der Waals surface area contributed by atoms with Gasteiger partial charge < -0.3 is 0 Å². The lowest BCUT2D eigenvalue weighted by atomic mass is 10.2. The number of anilines is 1. The lowest BCUT2D eigenvalue weighted by molar-refractivity contribution is 0.102. The fourth-order valence-electron chi connectivity index (χ4n) is 2.80. The summed E-state index contributed by atoms with van der Waals surface area (Å²) >= 11 is 4.84. The Labute approximate surface area is 165 Å². The lowest BCUT2D eigenvalue weighted by Gasteiger charge is -2.13. The van der Waals surface area contributed by atoms with E-state index in [2.05, 4.69) is 26.2 Å². The van der Waals surface area contributed by atoms with Gasteiger partial charge in [-0.05, 0) is 59.8 Å². The number of thiazole rings is 1. The number of nitrogens with one attached hydrogen (secondary N) is 1. The summed E-state index contributed by atoms with van der Waals surface area (Å²) in [6.07, 6.45) is 5.44. The Bertz CT molecular complexity index is 915. The number of nitrogens with zero attached hydrogens (tertiary/aromatic N) is 2. The van der Waals surface area contributed by atoms with Crippen LogP contribution >= 0.6 is 27.3 Å². The molecule has 0 atom stereocenters. The normalized spacial score (nSPS) is 14.8. The van der Waals surface area contributed by atoms with Crippen LogP contribution in [0.2, 0.25) is 0 Å². The van der Waals surface area contributed by atoms with E-state index in [1.807, 2.05) is 0 Å². The first kappa shape index (κ1) is 19.5. The average Bonchev–Trinajstić information content (AvgIpc) is 2.83. The van der Waals surface area contributed by atoms with Gasteiger partial charge >= 0.3 is 0 Å². The van der Waals surface area contributed by atoms with Crippen LogP contribution < -0.4 is 5.32 Å². The van der Waals surface area contributed by atoms with Crippen molar-refractivity contribution in [3.63, 3.8) is 0 Å². The predicted molar refractivity (Wildman–Crippen MR) is 106 cm³/mol. The molecular weight excluding hydrogens is 438 g/mol. The molecule has 0 fully saturated rings. The molecule has 1 aromatic heterocycles. The zero-order chi connectivity index (χ0) is 18.9. The smallest absolute Gasteiger partial charge is 0.258 e. The standard InChI is InChI=1S/C17H20BrN3O3S2/c1-21(2)26(23,24)11-8-9-13(18)12(10-11)16(22)20-17-19-14-6-4-3-5-7-15(14)25-17/h8-10H,3-7H2,1-2H3,(H,19,20,22). The summed E-state index contributed by atoms with van der Waals surface area (Å²) in [7, 11) is -0.693. The topological polar surface area (TPSA) is 79.4 Å². The predicted octanol–water partition coefficient (Wildman–Crippen LogP) is 3.68. The largest absolute Gasteiger partial charge is 0.298 e. The summed E-state index contributed by atoms with van der Waals surface area (Å²) in [5, 5.41) is 3.38. The molecule has 0 saturated carbocycles. The Morgan fingerprint density at radius 3 is 2.69 bits per heavy atom. The minimum absolute atomic E-state index is 0.0748. The number of amides is 1. The van der Waals surface area contributed by atoms with Crippen LogP contribution in [-0.4, -0.2) is 37.7 Å². The van der Waals surface area contributed by atoms with Crippen LogP contribution in [-0.2, 0) is 22.9 Å². The maximum absolute atomic E-state index is 12.7. The number of fused-ring (bicyclic) bond motifs is 1. The molecule has 26 heavy (non-hydrogen) atoms. The van der Waals surface area contributed by atoms with Crippen molar-refractivity contribution in [2.45, 2.75) is 37.0 Å². The van der Waals surface area contributed by atoms with Gasteiger partial charge in [-0.3, -0.25) is 10.1 Å². The van der Waals surface area contributed by atoms with E-state index in [1.54, 1.807) is 6.07 Å². The Kier molecular flexibility index (Phi) is 5.81. The van der Waals surface area contributed by atoms with E-state index in [0.717, 1.165) is 35.7 Å². The van der Waals surface area contributed by atoms with Gasteiger partial charge in [-0.25, -0.2) is 17.7 Å². The first-order chi connectivity index (χ1) is 12.3. The molecule has 1 aliphatic rings. The molecule has 0 bridgehead atoms. The third kappa shape index (κ3) is 4.00. The average molecular weight is 458 g/mol. The highest BCUT2D eigenvalue weighted by atomic mass is 79.9. The van der Waals surface area contributed by atoms with E-state index >= 15 is 0 Å². The SMILES string of the molecule is CN(C)S(=O)(=O)c1ccc(Br)c(C(=O)Nc2nc3c(s2)CCCCC3)c1. The maximum Gasteiger partial charge on any atom is 0.258 e. The van der Waals surface area contributed by atoms with Crippen molar-refractivity contribution in [3.8, 4) is 0 Å². The zero-order valence-electron chi connectivity index (χ0n) is 14.6. The molecule has 1 N–H and O–H groups in total. The van der Waals surface area contributed by atoms with E-state index in [0.29, 0.717) is 9.60 Å². The fourth-order valence-corrected chi connectivity index (χ4v) is 5.20. The summed E-state index contributed by atoms with van der Waals surface area (Å²) in [4.78, 5) is 18.5. The molecule has 1 aliphatic carbocycles. The summed E-state index contributed by atoms with van der Waals surface area (Å²) in [5.74, 6) is -0.378. The highest BCUT2D eigenvalue weighted by Gasteiger charge is 2.22. The summed E-state index contributed by atoms with van der Waals surface area (Å²) in [6, 6.07) is 4.43. The van der Waals surface area contributed by atoms with Crippen LogP contribution in [0.1, 0.15) is 40.2 Å². The van der Waals surface area contributed by atoms with Crippen molar-refractivity contribution in [2.75, 3.05) is 19.4 Å². The Balaban J connectivity index is 1.86. The third-order valence-electron chi connectivity index (χ3n) is 4.28. The maximum atomic E-state index is 12.7. The molecule has 1 heterocycles. The van der Waals surface area contributed by atoms with Gasteiger partial charge in [-0.15, -0.1) is 11.3 Å². The van der Waals surface area contributed by atoms with Crippen LogP contribution in [0.3, 0.4) is 0 Å². The third-order valence-corrected chi connectivity index (χ3v) is 7.85. The molecule has 1 amide bonds. The number of benzene rings is 1. The van der Waals surface area contributed by atoms with Gasteiger partial charge in [0.1, 0.15) is 0 Å². The number of aryl methyl sites for hydroxylation is 2. The van der Waals surface area contributed by atoms with E-state index in [1.165, 1.54) is 48.9 Å². The molecule has 9 heteroatoms. The van der Waals surface area contributed by atoms with Gasteiger partial charge in [0.25, 0.3) is 5.91 Å². The second-order valence-corrected chi connectivity index (χ2v) is 10.4. The molecule has 0 spiro atoms. The highest BCUT2D eigenvalue weighted by molar-refractivity contribution is 9.10. The second kappa shape index (κ2) is 7.75. The quantitative estimate of drug-likeness (QED) is 0.709. The Hall–Kier alpha value is -1.29. The van der Waals surface area contributed by atoms with Gasteiger partial charge in [-0.2, -0.15) is 0 Å². The van der Waals surface area contributed by atoms with Gasteiger partial charge in [0.15, 0.2) is 5.13 Å². The Morgan fingerprint density at radius 1 is 1.23 bits per heavy atom. The molecule has 1 aromatic carbocycles. The van der Waals surface area contributed by atoms with Gasteiger partial charge in [0.2, 0.25) is 10.0 Å². The first-order valence-electron chi connectivity index (χ1n) is 8.31. The molecule has 0 saturated heterocycles. The number of rotatable bonds is 4. The molecule has 3 rings (SSSR count). The van der Waals surface area contributed by atoms with Gasteiger partial charge in [-0.1, -0.05) is 6.42 Å². The highest BCUT2D eigenvalue weighted by Crippen LogP contribution is 2.30. The van der Waals surface area contributed by atoms with Crippen LogP contribution in [0.4, 0.5) is 5.13 Å². The lowest BCUT2D eigenvalue weighted by Crippen LogP contribution is -2.23. The van der Waals surface area contributed by atoms with E-state index in [-0.39, 0.29) is 16.4 Å². The summed E-state index contributed by atoms with van der Waals surface area (Å²) in [5.41, 5.74) is 1.34. The van der Waals surface area contributed by atoms with Crippen molar-refractivity contribution in [3.05, 3.63) is 38.8 Å². The summed E-state index contributed by atoms with van der Waals surface area (Å²) < 4.78 is 26.3.